The lowest BCUT2D eigenvalue weighted by molar-refractivity contribution is -0.130. The molecule has 1 aromatic rings. The average Bonchev–Trinajstić information content (AvgIpc) is 3.13. The first-order valence-electron chi connectivity index (χ1n) is 9.50. The molecule has 0 saturated heterocycles. The topological polar surface area (TPSA) is 75.7 Å². The van der Waals surface area contributed by atoms with Gasteiger partial charge in [0.1, 0.15) is 5.75 Å². The molecule has 1 aliphatic rings. The number of rotatable bonds is 10. The second kappa shape index (κ2) is 9.92. The fourth-order valence-electron chi connectivity index (χ4n) is 3.15. The fourth-order valence-corrected chi connectivity index (χ4v) is 4.12. The van der Waals surface area contributed by atoms with E-state index in [1.807, 2.05) is 13.8 Å². The van der Waals surface area contributed by atoms with Crippen molar-refractivity contribution in [2.24, 2.45) is 0 Å². The second-order valence-corrected chi connectivity index (χ2v) is 8.47. The highest BCUT2D eigenvalue weighted by Gasteiger charge is 2.20. The summed E-state index contributed by atoms with van der Waals surface area (Å²) in [5, 5.41) is 0. The van der Waals surface area contributed by atoms with Crippen LogP contribution < -0.4 is 9.46 Å². The van der Waals surface area contributed by atoms with Gasteiger partial charge in [0.2, 0.25) is 15.9 Å². The second-order valence-electron chi connectivity index (χ2n) is 6.70. The van der Waals surface area contributed by atoms with Crippen LogP contribution in [-0.2, 0) is 14.8 Å². The highest BCUT2D eigenvalue weighted by atomic mass is 32.2. The number of carbonyl (C=O) groups is 1. The van der Waals surface area contributed by atoms with Gasteiger partial charge in [0.25, 0.3) is 0 Å². The zero-order valence-electron chi connectivity index (χ0n) is 15.7. The van der Waals surface area contributed by atoms with Gasteiger partial charge in [-0.1, -0.05) is 13.8 Å². The summed E-state index contributed by atoms with van der Waals surface area (Å²) in [6.07, 6.45) is 6.40. The van der Waals surface area contributed by atoms with Gasteiger partial charge in [-0.2, -0.15) is 0 Å². The number of nitrogens with one attached hydrogen (secondary N) is 1. The highest BCUT2D eigenvalue weighted by molar-refractivity contribution is 7.89. The zero-order chi connectivity index (χ0) is 19.0. The minimum absolute atomic E-state index is 0.140. The summed E-state index contributed by atoms with van der Waals surface area (Å²) in [6.45, 7) is 5.05. The third-order valence-electron chi connectivity index (χ3n) is 4.49. The number of amides is 1. The molecule has 1 amide bonds. The van der Waals surface area contributed by atoms with E-state index >= 15 is 0 Å². The molecule has 26 heavy (non-hydrogen) atoms. The molecule has 0 heterocycles. The van der Waals surface area contributed by atoms with Crippen molar-refractivity contribution in [3.05, 3.63) is 24.3 Å². The first-order valence-corrected chi connectivity index (χ1v) is 11.0. The van der Waals surface area contributed by atoms with Crippen LogP contribution in [0.1, 0.15) is 52.4 Å². The van der Waals surface area contributed by atoms with Crippen LogP contribution in [0.25, 0.3) is 0 Å². The number of sulfonamides is 1. The Morgan fingerprint density at radius 1 is 1.12 bits per heavy atom. The summed E-state index contributed by atoms with van der Waals surface area (Å²) < 4.78 is 33.1. The summed E-state index contributed by atoms with van der Waals surface area (Å²) >= 11 is 0. The molecule has 0 aromatic heterocycles. The zero-order valence-corrected chi connectivity index (χ0v) is 16.6. The van der Waals surface area contributed by atoms with Gasteiger partial charge in [-0.15, -0.1) is 0 Å². The quantitative estimate of drug-likeness (QED) is 0.675. The number of hydrogen-bond acceptors (Lipinski definition) is 4. The molecule has 0 unspecified atom stereocenters. The van der Waals surface area contributed by atoms with Crippen LogP contribution in [0.15, 0.2) is 29.2 Å². The fraction of sp³-hybridized carbons (Fsp3) is 0.632. The predicted octanol–water partition coefficient (Wildman–Crippen LogP) is 2.93. The maximum atomic E-state index is 12.4. The molecule has 1 saturated carbocycles. The Hall–Kier alpha value is -1.60. The Balaban J connectivity index is 1.92. The molecular weight excluding hydrogens is 352 g/mol. The Morgan fingerprint density at radius 3 is 2.23 bits per heavy atom. The van der Waals surface area contributed by atoms with E-state index in [9.17, 15) is 13.2 Å². The molecule has 0 spiro atoms. The molecule has 6 nitrogen and oxygen atoms in total. The van der Waals surface area contributed by atoms with Crippen LogP contribution in [-0.4, -0.2) is 45.0 Å². The normalized spacial score (nSPS) is 15.2. The Labute approximate surface area is 157 Å². The molecule has 7 heteroatoms. The van der Waals surface area contributed by atoms with Crippen LogP contribution in [0.5, 0.6) is 5.75 Å². The van der Waals surface area contributed by atoms with E-state index in [1.54, 1.807) is 17.0 Å². The Morgan fingerprint density at radius 2 is 1.69 bits per heavy atom. The molecule has 0 radical (unpaired) electrons. The molecule has 146 valence electrons. The Bertz CT molecular complexity index is 661. The number of ether oxygens (including phenoxy) is 1. The van der Waals surface area contributed by atoms with Gasteiger partial charge in [0.15, 0.2) is 0 Å². The monoisotopic (exact) mass is 382 g/mol. The highest BCUT2D eigenvalue weighted by Crippen LogP contribution is 2.24. The van der Waals surface area contributed by atoms with Crippen molar-refractivity contribution >= 4 is 15.9 Å². The number of hydrogen-bond donors (Lipinski definition) is 1. The van der Waals surface area contributed by atoms with E-state index < -0.39 is 10.0 Å². The molecule has 0 aliphatic heterocycles. The SMILES string of the molecule is CCCN(CCC)C(=O)CNS(=O)(=O)c1ccc(OC2CCCC2)cc1. The van der Waals surface area contributed by atoms with Crippen molar-refractivity contribution in [1.29, 1.82) is 0 Å². The smallest absolute Gasteiger partial charge is 0.241 e. The molecule has 0 bridgehead atoms. The first kappa shape index (κ1) is 20.7. The van der Waals surface area contributed by atoms with Gasteiger partial charge in [-0.3, -0.25) is 4.79 Å². The van der Waals surface area contributed by atoms with E-state index in [0.29, 0.717) is 18.8 Å². The predicted molar refractivity (Wildman–Crippen MR) is 102 cm³/mol. The third kappa shape index (κ3) is 5.99. The molecule has 1 fully saturated rings. The van der Waals surface area contributed by atoms with E-state index in [4.69, 9.17) is 4.74 Å². The van der Waals surface area contributed by atoms with Crippen molar-refractivity contribution in [2.75, 3.05) is 19.6 Å². The Kier molecular flexibility index (Phi) is 7.90. The largest absolute Gasteiger partial charge is 0.490 e. The lowest BCUT2D eigenvalue weighted by Crippen LogP contribution is -2.40. The minimum Gasteiger partial charge on any atom is -0.490 e. The molecule has 1 aromatic carbocycles. The van der Waals surface area contributed by atoms with E-state index in [2.05, 4.69) is 4.72 Å². The lowest BCUT2D eigenvalue weighted by Gasteiger charge is -2.21. The van der Waals surface area contributed by atoms with Crippen molar-refractivity contribution in [3.63, 3.8) is 0 Å². The molecule has 1 N–H and O–H groups in total. The van der Waals surface area contributed by atoms with E-state index in [-0.39, 0.29) is 23.5 Å². The minimum atomic E-state index is -3.72. The summed E-state index contributed by atoms with van der Waals surface area (Å²) in [5.41, 5.74) is 0. The number of carbonyl (C=O) groups excluding carboxylic acids is 1. The van der Waals surface area contributed by atoms with Gasteiger partial charge in [-0.05, 0) is 62.8 Å². The van der Waals surface area contributed by atoms with Gasteiger partial charge >= 0.3 is 0 Å². The number of benzene rings is 1. The molecule has 2 rings (SSSR count). The van der Waals surface area contributed by atoms with Crippen molar-refractivity contribution < 1.29 is 17.9 Å². The van der Waals surface area contributed by atoms with Gasteiger partial charge in [0.05, 0.1) is 17.5 Å². The van der Waals surface area contributed by atoms with Crippen LogP contribution in [0.4, 0.5) is 0 Å². The maximum absolute atomic E-state index is 12.4. The molecule has 1 aliphatic carbocycles. The van der Waals surface area contributed by atoms with Crippen LogP contribution in [0, 0.1) is 0 Å². The standard InChI is InChI=1S/C19H30N2O4S/c1-3-13-21(14-4-2)19(22)15-20-26(23,24)18-11-9-17(10-12-18)25-16-7-5-6-8-16/h9-12,16,20H,3-8,13-15H2,1-2H3. The first-order chi connectivity index (χ1) is 12.5. The van der Waals surface area contributed by atoms with Crippen molar-refractivity contribution in [1.82, 2.24) is 9.62 Å². The maximum Gasteiger partial charge on any atom is 0.241 e. The summed E-state index contributed by atoms with van der Waals surface area (Å²) in [6, 6.07) is 6.39. The summed E-state index contributed by atoms with van der Waals surface area (Å²) in [7, 11) is -3.72. The molecule has 0 atom stereocenters. The number of nitrogens with zero attached hydrogens (tertiary/aromatic N) is 1. The average molecular weight is 383 g/mol. The lowest BCUT2D eigenvalue weighted by atomic mass is 10.3. The summed E-state index contributed by atoms with van der Waals surface area (Å²) in [4.78, 5) is 14.1. The summed E-state index contributed by atoms with van der Waals surface area (Å²) in [5.74, 6) is 0.488. The van der Waals surface area contributed by atoms with Crippen LogP contribution in [0.3, 0.4) is 0 Å². The van der Waals surface area contributed by atoms with Crippen LogP contribution >= 0.6 is 0 Å². The van der Waals surface area contributed by atoms with Crippen molar-refractivity contribution in [2.45, 2.75) is 63.4 Å². The molecular formula is C19H30N2O4S. The van der Waals surface area contributed by atoms with Gasteiger partial charge < -0.3 is 9.64 Å². The third-order valence-corrected chi connectivity index (χ3v) is 5.91. The van der Waals surface area contributed by atoms with Gasteiger partial charge in [0, 0.05) is 13.1 Å². The van der Waals surface area contributed by atoms with E-state index in [0.717, 1.165) is 25.7 Å². The van der Waals surface area contributed by atoms with E-state index in [1.165, 1.54) is 25.0 Å². The van der Waals surface area contributed by atoms with Gasteiger partial charge in [-0.25, -0.2) is 13.1 Å². The van der Waals surface area contributed by atoms with Crippen LogP contribution in [0.2, 0.25) is 0 Å². The van der Waals surface area contributed by atoms with Crippen molar-refractivity contribution in [3.8, 4) is 5.75 Å².